The summed E-state index contributed by atoms with van der Waals surface area (Å²) in [5.74, 6) is 0.115. The van der Waals surface area contributed by atoms with Crippen molar-refractivity contribution >= 4 is 29.4 Å². The van der Waals surface area contributed by atoms with Gasteiger partial charge < -0.3 is 10.2 Å². The number of hydrogen-bond donors (Lipinski definition) is 1. The van der Waals surface area contributed by atoms with Gasteiger partial charge in [0, 0.05) is 29.0 Å². The number of rotatable bonds is 3. The number of amides is 1. The highest BCUT2D eigenvalue weighted by Gasteiger charge is 2.57. The van der Waals surface area contributed by atoms with Crippen LogP contribution in [-0.2, 0) is 10.2 Å². The summed E-state index contributed by atoms with van der Waals surface area (Å²) in [4.78, 5) is 16.0. The van der Waals surface area contributed by atoms with Crippen molar-refractivity contribution in [1.29, 1.82) is 0 Å². The van der Waals surface area contributed by atoms with Gasteiger partial charge >= 0.3 is 0 Å². The van der Waals surface area contributed by atoms with Crippen molar-refractivity contribution in [3.8, 4) is 0 Å². The fraction of sp³-hybridized carbons (Fsp3) is 0.318. The van der Waals surface area contributed by atoms with Crippen LogP contribution in [0.3, 0.4) is 0 Å². The van der Waals surface area contributed by atoms with Gasteiger partial charge in [-0.1, -0.05) is 50.3 Å². The highest BCUT2D eigenvalue weighted by molar-refractivity contribution is 7.98. The van der Waals surface area contributed by atoms with Crippen molar-refractivity contribution in [2.24, 2.45) is 0 Å². The molecule has 0 saturated carbocycles. The van der Waals surface area contributed by atoms with Crippen molar-refractivity contribution in [2.45, 2.75) is 36.2 Å². The maximum absolute atomic E-state index is 12.4. The zero-order valence-electron chi connectivity index (χ0n) is 15.5. The number of thioether (sulfide) groups is 1. The Labute approximate surface area is 159 Å². The maximum Gasteiger partial charge on any atom is 0.223 e. The summed E-state index contributed by atoms with van der Waals surface area (Å²) in [6.45, 7) is 5.18. The van der Waals surface area contributed by atoms with E-state index in [1.165, 1.54) is 16.1 Å². The number of nitrogens with zero attached hydrogens (tertiary/aromatic N) is 1. The van der Waals surface area contributed by atoms with Crippen LogP contribution in [0.4, 0.5) is 5.69 Å². The predicted molar refractivity (Wildman–Crippen MR) is 110 cm³/mol. The topological polar surface area (TPSA) is 32.3 Å². The number of carbonyl (C=O) groups excluding carboxylic acids is 1. The second-order valence-corrected chi connectivity index (χ2v) is 8.34. The van der Waals surface area contributed by atoms with E-state index in [4.69, 9.17) is 0 Å². The third-order valence-corrected chi connectivity index (χ3v) is 6.52. The van der Waals surface area contributed by atoms with Gasteiger partial charge in [0.2, 0.25) is 5.91 Å². The Morgan fingerprint density at radius 1 is 1.12 bits per heavy atom. The third kappa shape index (κ3) is 2.47. The SMILES string of the molecule is CSc1ccc(C=CC23NC(=O)CCN2c2ccccc2C3(C)C)cc1. The molecule has 134 valence electrons. The predicted octanol–water partition coefficient (Wildman–Crippen LogP) is 4.44. The first kappa shape index (κ1) is 17.2. The van der Waals surface area contributed by atoms with Crippen LogP contribution in [0.1, 0.15) is 31.4 Å². The fourth-order valence-electron chi connectivity index (χ4n) is 4.25. The Morgan fingerprint density at radius 2 is 1.85 bits per heavy atom. The number of hydrogen-bond acceptors (Lipinski definition) is 3. The normalized spacial score (nSPS) is 23.7. The Hall–Kier alpha value is -2.20. The Bertz CT molecular complexity index is 872. The van der Waals surface area contributed by atoms with Crippen LogP contribution in [-0.4, -0.2) is 24.4 Å². The Kier molecular flexibility index (Phi) is 4.11. The van der Waals surface area contributed by atoms with E-state index in [2.05, 4.69) is 91.0 Å². The number of fused-ring (bicyclic) bond motifs is 3. The Balaban J connectivity index is 1.79. The molecule has 2 aromatic carbocycles. The van der Waals surface area contributed by atoms with E-state index in [0.717, 1.165) is 12.1 Å². The molecule has 1 unspecified atom stereocenters. The van der Waals surface area contributed by atoms with Crippen molar-refractivity contribution < 1.29 is 4.79 Å². The quantitative estimate of drug-likeness (QED) is 0.818. The fourth-order valence-corrected chi connectivity index (χ4v) is 4.66. The van der Waals surface area contributed by atoms with E-state index in [1.54, 1.807) is 11.8 Å². The molecule has 0 aliphatic carbocycles. The summed E-state index contributed by atoms with van der Waals surface area (Å²) in [7, 11) is 0. The van der Waals surface area contributed by atoms with Crippen molar-refractivity contribution in [1.82, 2.24) is 5.32 Å². The van der Waals surface area contributed by atoms with Gasteiger partial charge in [0.05, 0.1) is 0 Å². The van der Waals surface area contributed by atoms with Crippen LogP contribution in [0, 0.1) is 0 Å². The van der Waals surface area contributed by atoms with Crippen molar-refractivity contribution in [2.75, 3.05) is 17.7 Å². The number of para-hydroxylation sites is 1. The standard InChI is InChI=1S/C22H24N2OS/c1-21(2)18-6-4-5-7-19(18)24-15-13-20(25)23-22(21,24)14-12-16-8-10-17(26-3)11-9-16/h4-12,14H,13,15H2,1-3H3,(H,23,25). The lowest BCUT2D eigenvalue weighted by atomic mass is 9.74. The van der Waals surface area contributed by atoms with Crippen LogP contribution in [0.25, 0.3) is 6.08 Å². The number of carbonyl (C=O) groups is 1. The minimum Gasteiger partial charge on any atom is -0.344 e. The van der Waals surface area contributed by atoms with E-state index in [0.29, 0.717) is 6.42 Å². The van der Waals surface area contributed by atoms with Crippen LogP contribution < -0.4 is 10.2 Å². The summed E-state index contributed by atoms with van der Waals surface area (Å²) in [6, 6.07) is 17.0. The van der Waals surface area contributed by atoms with E-state index in [-0.39, 0.29) is 11.3 Å². The largest absolute Gasteiger partial charge is 0.344 e. The van der Waals surface area contributed by atoms with Gasteiger partial charge in [-0.25, -0.2) is 0 Å². The van der Waals surface area contributed by atoms with Gasteiger partial charge in [-0.05, 0) is 41.7 Å². The van der Waals surface area contributed by atoms with Crippen LogP contribution in [0.15, 0.2) is 59.5 Å². The average Bonchev–Trinajstić information content (AvgIpc) is 2.85. The van der Waals surface area contributed by atoms with Crippen molar-refractivity contribution in [3.05, 3.63) is 65.7 Å². The highest BCUT2D eigenvalue weighted by Crippen LogP contribution is 2.52. The summed E-state index contributed by atoms with van der Waals surface area (Å²) >= 11 is 1.74. The molecule has 0 bridgehead atoms. The molecule has 4 rings (SSSR count). The van der Waals surface area contributed by atoms with Gasteiger partial charge in [-0.3, -0.25) is 4.79 Å². The zero-order valence-corrected chi connectivity index (χ0v) is 16.3. The molecule has 0 aromatic heterocycles. The molecule has 0 spiro atoms. The van der Waals surface area contributed by atoms with Crippen LogP contribution in [0.5, 0.6) is 0 Å². The summed E-state index contributed by atoms with van der Waals surface area (Å²) in [5.41, 5.74) is 2.88. The summed E-state index contributed by atoms with van der Waals surface area (Å²) in [5, 5.41) is 3.32. The minimum atomic E-state index is -0.538. The number of anilines is 1. The third-order valence-electron chi connectivity index (χ3n) is 5.77. The molecular weight excluding hydrogens is 340 g/mol. The van der Waals surface area contributed by atoms with E-state index < -0.39 is 5.66 Å². The lowest BCUT2D eigenvalue weighted by molar-refractivity contribution is -0.124. The molecule has 1 N–H and O–H groups in total. The van der Waals surface area contributed by atoms with E-state index in [9.17, 15) is 4.79 Å². The molecule has 2 aromatic rings. The van der Waals surface area contributed by atoms with Gasteiger partial charge in [0.25, 0.3) is 0 Å². The first-order chi connectivity index (χ1) is 12.5. The molecule has 1 fully saturated rings. The second kappa shape index (κ2) is 6.20. The molecule has 4 heteroatoms. The first-order valence-corrected chi connectivity index (χ1v) is 10.2. The van der Waals surface area contributed by atoms with Gasteiger partial charge in [-0.15, -0.1) is 11.8 Å². The van der Waals surface area contributed by atoms with Crippen LogP contribution >= 0.6 is 11.8 Å². The van der Waals surface area contributed by atoms with Crippen LogP contribution in [0.2, 0.25) is 0 Å². The first-order valence-electron chi connectivity index (χ1n) is 8.99. The minimum absolute atomic E-state index is 0.115. The molecule has 2 heterocycles. The van der Waals surface area contributed by atoms with Gasteiger partial charge in [0.15, 0.2) is 0 Å². The molecule has 1 atom stereocenters. The lowest BCUT2D eigenvalue weighted by Gasteiger charge is -2.49. The molecule has 26 heavy (non-hydrogen) atoms. The molecule has 1 saturated heterocycles. The zero-order chi connectivity index (χ0) is 18.4. The number of nitrogens with one attached hydrogen (secondary N) is 1. The summed E-state index contributed by atoms with van der Waals surface area (Å²) in [6.07, 6.45) is 6.93. The van der Waals surface area contributed by atoms with E-state index >= 15 is 0 Å². The molecular formula is C22H24N2OS. The van der Waals surface area contributed by atoms with Crippen molar-refractivity contribution in [3.63, 3.8) is 0 Å². The molecule has 2 aliphatic heterocycles. The maximum atomic E-state index is 12.4. The van der Waals surface area contributed by atoms with E-state index in [1.807, 2.05) is 0 Å². The second-order valence-electron chi connectivity index (χ2n) is 7.46. The molecule has 1 amide bonds. The Morgan fingerprint density at radius 3 is 2.58 bits per heavy atom. The molecule has 2 aliphatic rings. The monoisotopic (exact) mass is 364 g/mol. The number of benzene rings is 2. The van der Waals surface area contributed by atoms with Gasteiger partial charge in [0.1, 0.15) is 5.66 Å². The smallest absolute Gasteiger partial charge is 0.223 e. The summed E-state index contributed by atoms with van der Waals surface area (Å²) < 4.78 is 0. The average molecular weight is 365 g/mol. The highest BCUT2D eigenvalue weighted by atomic mass is 32.2. The lowest BCUT2D eigenvalue weighted by Crippen LogP contribution is -2.68. The van der Waals surface area contributed by atoms with Gasteiger partial charge in [-0.2, -0.15) is 0 Å². The molecule has 3 nitrogen and oxygen atoms in total. The molecule has 0 radical (unpaired) electrons.